The van der Waals surface area contributed by atoms with E-state index in [9.17, 15) is 4.79 Å². The van der Waals surface area contributed by atoms with E-state index < -0.39 is 6.10 Å². The van der Waals surface area contributed by atoms with E-state index in [4.69, 9.17) is 4.74 Å². The third-order valence-corrected chi connectivity index (χ3v) is 4.41. The van der Waals surface area contributed by atoms with Gasteiger partial charge in [0.2, 0.25) is 0 Å². The zero-order valence-electron chi connectivity index (χ0n) is 13.9. The molecule has 1 amide bonds. The van der Waals surface area contributed by atoms with Gasteiger partial charge in [0.15, 0.2) is 6.10 Å². The lowest BCUT2D eigenvalue weighted by atomic mass is 10.0. The van der Waals surface area contributed by atoms with Crippen molar-refractivity contribution in [3.8, 4) is 5.75 Å². The molecule has 0 heterocycles. The average Bonchev–Trinajstić information content (AvgIpc) is 2.52. The molecule has 2 atom stereocenters. The van der Waals surface area contributed by atoms with Gasteiger partial charge in [-0.1, -0.05) is 34.1 Å². The SMILES string of the molecule is Cc1ccc([C@H](C)NC(=O)[C@H](C)Oc2ccc(Br)cc2)cc1C. The van der Waals surface area contributed by atoms with Gasteiger partial charge in [-0.25, -0.2) is 0 Å². The number of carbonyl (C=O) groups excluding carboxylic acids is 1. The first-order chi connectivity index (χ1) is 10.9. The number of benzene rings is 2. The average molecular weight is 376 g/mol. The smallest absolute Gasteiger partial charge is 0.261 e. The van der Waals surface area contributed by atoms with Crippen LogP contribution in [0, 0.1) is 13.8 Å². The second-order valence-electron chi connectivity index (χ2n) is 5.79. The lowest BCUT2D eigenvalue weighted by Gasteiger charge is -2.19. The van der Waals surface area contributed by atoms with Gasteiger partial charge in [-0.05, 0) is 68.7 Å². The van der Waals surface area contributed by atoms with Crippen LogP contribution in [0.15, 0.2) is 46.9 Å². The van der Waals surface area contributed by atoms with Gasteiger partial charge in [-0.15, -0.1) is 0 Å². The quantitative estimate of drug-likeness (QED) is 0.821. The van der Waals surface area contributed by atoms with Crippen LogP contribution in [0.4, 0.5) is 0 Å². The molecular formula is C19H22BrNO2. The second-order valence-corrected chi connectivity index (χ2v) is 6.70. The molecule has 0 aromatic heterocycles. The monoisotopic (exact) mass is 375 g/mol. The zero-order valence-corrected chi connectivity index (χ0v) is 15.5. The minimum absolute atomic E-state index is 0.0576. The fourth-order valence-corrected chi connectivity index (χ4v) is 2.48. The summed E-state index contributed by atoms with van der Waals surface area (Å²) in [4.78, 5) is 12.3. The number of amides is 1. The third kappa shape index (κ3) is 4.83. The summed E-state index contributed by atoms with van der Waals surface area (Å²) in [6.45, 7) is 7.89. The Balaban J connectivity index is 1.96. The molecule has 2 rings (SSSR count). The number of hydrogen-bond donors (Lipinski definition) is 1. The van der Waals surface area contributed by atoms with Crippen LogP contribution in [-0.4, -0.2) is 12.0 Å². The Morgan fingerprint density at radius 2 is 1.70 bits per heavy atom. The van der Waals surface area contributed by atoms with Crippen molar-refractivity contribution in [2.24, 2.45) is 0 Å². The number of hydrogen-bond acceptors (Lipinski definition) is 2. The first kappa shape index (κ1) is 17.5. The molecule has 0 aliphatic heterocycles. The van der Waals surface area contributed by atoms with E-state index in [2.05, 4.69) is 47.2 Å². The number of carbonyl (C=O) groups is 1. The van der Waals surface area contributed by atoms with Crippen LogP contribution in [-0.2, 0) is 4.79 Å². The maximum absolute atomic E-state index is 12.3. The Hall–Kier alpha value is -1.81. The van der Waals surface area contributed by atoms with Gasteiger partial charge in [-0.3, -0.25) is 4.79 Å². The van der Waals surface area contributed by atoms with E-state index in [-0.39, 0.29) is 11.9 Å². The van der Waals surface area contributed by atoms with Crippen molar-refractivity contribution < 1.29 is 9.53 Å². The molecule has 2 aromatic rings. The van der Waals surface area contributed by atoms with Gasteiger partial charge in [0, 0.05) is 4.47 Å². The van der Waals surface area contributed by atoms with Gasteiger partial charge < -0.3 is 10.1 Å². The van der Waals surface area contributed by atoms with Crippen molar-refractivity contribution in [3.63, 3.8) is 0 Å². The zero-order chi connectivity index (χ0) is 17.0. The molecule has 0 saturated heterocycles. The number of nitrogens with one attached hydrogen (secondary N) is 1. The topological polar surface area (TPSA) is 38.3 Å². The van der Waals surface area contributed by atoms with Crippen LogP contribution >= 0.6 is 15.9 Å². The maximum atomic E-state index is 12.3. The molecule has 122 valence electrons. The highest BCUT2D eigenvalue weighted by atomic mass is 79.9. The Morgan fingerprint density at radius 3 is 2.30 bits per heavy atom. The Morgan fingerprint density at radius 1 is 1.04 bits per heavy atom. The van der Waals surface area contributed by atoms with Crippen molar-refractivity contribution in [2.45, 2.75) is 39.8 Å². The molecule has 0 radical (unpaired) electrons. The molecule has 2 aromatic carbocycles. The lowest BCUT2D eigenvalue weighted by molar-refractivity contribution is -0.127. The van der Waals surface area contributed by atoms with Gasteiger partial charge in [-0.2, -0.15) is 0 Å². The number of halogens is 1. The Kier molecular flexibility index (Phi) is 5.83. The molecule has 0 aliphatic carbocycles. The Bertz CT molecular complexity index is 682. The van der Waals surface area contributed by atoms with Crippen LogP contribution < -0.4 is 10.1 Å². The minimum Gasteiger partial charge on any atom is -0.481 e. The maximum Gasteiger partial charge on any atom is 0.261 e. The van der Waals surface area contributed by atoms with E-state index in [0.717, 1.165) is 10.0 Å². The minimum atomic E-state index is -0.551. The second kappa shape index (κ2) is 7.64. The first-order valence-corrected chi connectivity index (χ1v) is 8.46. The van der Waals surface area contributed by atoms with Crippen molar-refractivity contribution in [1.29, 1.82) is 0 Å². The van der Waals surface area contributed by atoms with E-state index in [1.807, 2.05) is 37.3 Å². The van der Waals surface area contributed by atoms with E-state index in [1.54, 1.807) is 6.92 Å². The summed E-state index contributed by atoms with van der Waals surface area (Å²) in [5, 5.41) is 3.00. The van der Waals surface area contributed by atoms with Crippen LogP contribution in [0.3, 0.4) is 0 Å². The number of ether oxygens (including phenoxy) is 1. The van der Waals surface area contributed by atoms with Crippen LogP contribution in [0.2, 0.25) is 0 Å². The molecule has 1 N–H and O–H groups in total. The Labute approximate surface area is 146 Å². The number of aryl methyl sites for hydroxylation is 2. The summed E-state index contributed by atoms with van der Waals surface area (Å²) >= 11 is 3.38. The summed E-state index contributed by atoms with van der Waals surface area (Å²) in [5.74, 6) is 0.549. The van der Waals surface area contributed by atoms with E-state index in [1.165, 1.54) is 11.1 Å². The largest absolute Gasteiger partial charge is 0.481 e. The van der Waals surface area contributed by atoms with Crippen molar-refractivity contribution in [3.05, 3.63) is 63.6 Å². The molecular weight excluding hydrogens is 354 g/mol. The van der Waals surface area contributed by atoms with Crippen molar-refractivity contribution in [2.75, 3.05) is 0 Å². The molecule has 0 spiro atoms. The summed E-state index contributed by atoms with van der Waals surface area (Å²) < 4.78 is 6.65. The van der Waals surface area contributed by atoms with Crippen LogP contribution in [0.25, 0.3) is 0 Å². The van der Waals surface area contributed by atoms with Crippen LogP contribution in [0.5, 0.6) is 5.75 Å². The first-order valence-electron chi connectivity index (χ1n) is 7.66. The lowest BCUT2D eigenvalue weighted by Crippen LogP contribution is -2.37. The summed E-state index contributed by atoms with van der Waals surface area (Å²) in [5.41, 5.74) is 3.57. The van der Waals surface area contributed by atoms with E-state index >= 15 is 0 Å². The predicted octanol–water partition coefficient (Wildman–Crippen LogP) is 4.71. The predicted molar refractivity (Wildman–Crippen MR) is 96.7 cm³/mol. The normalized spacial score (nSPS) is 13.3. The molecule has 0 aliphatic rings. The highest BCUT2D eigenvalue weighted by Crippen LogP contribution is 2.19. The van der Waals surface area contributed by atoms with E-state index in [0.29, 0.717) is 5.75 Å². The van der Waals surface area contributed by atoms with Gasteiger partial charge in [0.05, 0.1) is 6.04 Å². The fourth-order valence-electron chi connectivity index (χ4n) is 2.22. The van der Waals surface area contributed by atoms with Gasteiger partial charge in [0.1, 0.15) is 5.75 Å². The van der Waals surface area contributed by atoms with Crippen LogP contribution in [0.1, 0.15) is 36.6 Å². The van der Waals surface area contributed by atoms with Crippen molar-refractivity contribution >= 4 is 21.8 Å². The molecule has 4 heteroatoms. The molecule has 0 unspecified atom stereocenters. The molecule has 3 nitrogen and oxygen atoms in total. The summed E-state index contributed by atoms with van der Waals surface area (Å²) in [6.07, 6.45) is -0.551. The number of rotatable bonds is 5. The van der Waals surface area contributed by atoms with Crippen molar-refractivity contribution in [1.82, 2.24) is 5.32 Å². The summed E-state index contributed by atoms with van der Waals surface area (Å²) in [7, 11) is 0. The molecule has 0 fully saturated rings. The highest BCUT2D eigenvalue weighted by Gasteiger charge is 2.18. The standard InChI is InChI=1S/C19H22BrNO2/c1-12-5-6-16(11-13(12)2)14(3)21-19(22)15(4)23-18-9-7-17(20)8-10-18/h5-11,14-15H,1-4H3,(H,21,22)/t14-,15-/m0/s1. The van der Waals surface area contributed by atoms with Gasteiger partial charge in [0.25, 0.3) is 5.91 Å². The molecule has 0 saturated carbocycles. The molecule has 23 heavy (non-hydrogen) atoms. The summed E-state index contributed by atoms with van der Waals surface area (Å²) in [6, 6.07) is 13.6. The highest BCUT2D eigenvalue weighted by molar-refractivity contribution is 9.10. The molecule has 0 bridgehead atoms. The third-order valence-electron chi connectivity index (χ3n) is 3.89. The fraction of sp³-hybridized carbons (Fsp3) is 0.316. The van der Waals surface area contributed by atoms with Gasteiger partial charge >= 0.3 is 0 Å².